The minimum Gasteiger partial charge on any atom is -0.402 e. The zero-order valence-electron chi connectivity index (χ0n) is 19.8. The second-order valence-electron chi connectivity index (χ2n) is 8.44. The van der Waals surface area contributed by atoms with Crippen LogP contribution >= 0.6 is 11.3 Å². The highest BCUT2D eigenvalue weighted by molar-refractivity contribution is 7.16. The molecule has 0 saturated carbocycles. The molecule has 6 rings (SSSR count). The molecule has 0 radical (unpaired) electrons. The van der Waals surface area contributed by atoms with Crippen molar-refractivity contribution < 1.29 is 22.7 Å². The van der Waals surface area contributed by atoms with Crippen LogP contribution in [0.4, 0.5) is 25.5 Å². The maximum Gasteiger partial charge on any atom is 0.317 e. The molecule has 0 aliphatic carbocycles. The summed E-state index contributed by atoms with van der Waals surface area (Å²) in [6, 6.07) is 16.8. The predicted octanol–water partition coefficient (Wildman–Crippen LogP) is 4.20. The molecular formula is C25H21F2N7O3S. The fraction of sp³-hybridized carbons (Fsp3) is 0.240. The lowest BCUT2D eigenvalue weighted by Crippen LogP contribution is -2.36. The number of aromatic nitrogens is 3. The Morgan fingerprint density at radius 2 is 1.82 bits per heavy atom. The van der Waals surface area contributed by atoms with Crippen molar-refractivity contribution in [1.82, 2.24) is 15.2 Å². The number of hydrogen-bond donors (Lipinski definition) is 2. The standard InChI is InChI=1S/C25H21F2N7O3S/c26-19(27)23-30-18(24(38-23)34-10-12-36-13-11-34)22-32-33-25(37-22)31-20-21(35)28-16-9-5-4-8-15(16)17(29-20)14-6-2-1-3-7-14/h1-9,19-20H,10-13H2,(H,28,35)(H,31,33). The Hall–Kier alpha value is -4.23. The number of nitrogens with zero attached hydrogens (tertiary/aromatic N) is 5. The molecule has 194 valence electrons. The molecule has 4 heterocycles. The Morgan fingerprint density at radius 1 is 1.05 bits per heavy atom. The largest absolute Gasteiger partial charge is 0.402 e. The number of carbonyl (C=O) groups is 1. The van der Waals surface area contributed by atoms with Crippen LogP contribution in [-0.2, 0) is 9.53 Å². The minimum absolute atomic E-state index is 0.0401. The van der Waals surface area contributed by atoms with Crippen LogP contribution in [0.3, 0.4) is 0 Å². The molecule has 1 unspecified atom stereocenters. The number of benzodiazepines with no additional fused rings is 1. The van der Waals surface area contributed by atoms with Crippen LogP contribution in [0.15, 0.2) is 64.0 Å². The smallest absolute Gasteiger partial charge is 0.317 e. The molecule has 13 heteroatoms. The van der Waals surface area contributed by atoms with Gasteiger partial charge in [-0.25, -0.2) is 18.8 Å². The van der Waals surface area contributed by atoms with Gasteiger partial charge in [0.15, 0.2) is 10.7 Å². The number of carbonyl (C=O) groups excluding carboxylic acids is 1. The molecule has 38 heavy (non-hydrogen) atoms. The van der Waals surface area contributed by atoms with Gasteiger partial charge < -0.3 is 24.7 Å². The first-order valence-electron chi connectivity index (χ1n) is 11.8. The SMILES string of the molecule is O=C1Nc2ccccc2C(c2ccccc2)=NC1Nc1nnc(-c2nc(C(F)F)sc2N2CCOCC2)o1. The number of anilines is 3. The quantitative estimate of drug-likeness (QED) is 0.376. The van der Waals surface area contributed by atoms with E-state index in [1.54, 1.807) is 6.07 Å². The molecule has 1 fully saturated rings. The molecule has 2 N–H and O–H groups in total. The summed E-state index contributed by atoms with van der Waals surface area (Å²) < 4.78 is 38.1. The van der Waals surface area contributed by atoms with Crippen molar-refractivity contribution in [3.63, 3.8) is 0 Å². The van der Waals surface area contributed by atoms with Crippen molar-refractivity contribution in [3.8, 4) is 11.6 Å². The molecule has 10 nitrogen and oxygen atoms in total. The van der Waals surface area contributed by atoms with E-state index in [9.17, 15) is 13.6 Å². The summed E-state index contributed by atoms with van der Waals surface area (Å²) in [5.41, 5.74) is 2.98. The number of hydrogen-bond acceptors (Lipinski definition) is 10. The number of aliphatic imine (C=N–C) groups is 1. The fourth-order valence-corrected chi connectivity index (χ4v) is 5.18. The van der Waals surface area contributed by atoms with Crippen molar-refractivity contribution >= 4 is 39.7 Å². The third-order valence-electron chi connectivity index (χ3n) is 5.99. The lowest BCUT2D eigenvalue weighted by Gasteiger charge is -2.27. The van der Waals surface area contributed by atoms with Crippen LogP contribution in [0, 0.1) is 0 Å². The number of morpholine rings is 1. The second kappa shape index (κ2) is 10.3. The maximum absolute atomic E-state index is 13.5. The third kappa shape index (κ3) is 4.73. The van der Waals surface area contributed by atoms with Crippen molar-refractivity contribution in [2.45, 2.75) is 12.6 Å². The Morgan fingerprint density at radius 3 is 2.61 bits per heavy atom. The van der Waals surface area contributed by atoms with Gasteiger partial charge >= 0.3 is 6.01 Å². The van der Waals surface area contributed by atoms with E-state index in [0.717, 1.165) is 22.5 Å². The number of nitrogens with one attached hydrogen (secondary N) is 2. The van der Waals surface area contributed by atoms with E-state index >= 15 is 0 Å². The number of fused-ring (bicyclic) bond motifs is 1. The number of amides is 1. The molecule has 2 aromatic carbocycles. The van der Waals surface area contributed by atoms with Crippen LogP contribution in [0.25, 0.3) is 11.6 Å². The lowest BCUT2D eigenvalue weighted by atomic mass is 10.0. The van der Waals surface area contributed by atoms with Crippen LogP contribution in [-0.4, -0.2) is 59.3 Å². The highest BCUT2D eigenvalue weighted by Gasteiger charge is 2.30. The van der Waals surface area contributed by atoms with E-state index in [1.807, 2.05) is 53.4 Å². The Kier molecular flexibility index (Phi) is 6.52. The lowest BCUT2D eigenvalue weighted by molar-refractivity contribution is -0.116. The van der Waals surface area contributed by atoms with Crippen LogP contribution < -0.4 is 15.5 Å². The average Bonchev–Trinajstić information content (AvgIpc) is 3.57. The number of thiazole rings is 1. The Labute approximate surface area is 219 Å². The van der Waals surface area contributed by atoms with E-state index in [1.165, 1.54) is 0 Å². The fourth-order valence-electron chi connectivity index (χ4n) is 4.22. The highest BCUT2D eigenvalue weighted by Crippen LogP contribution is 2.39. The summed E-state index contributed by atoms with van der Waals surface area (Å²) in [5.74, 6) is -0.465. The topological polar surface area (TPSA) is 118 Å². The van der Waals surface area contributed by atoms with Gasteiger partial charge in [0, 0.05) is 24.2 Å². The van der Waals surface area contributed by atoms with Gasteiger partial charge in [0.25, 0.3) is 18.2 Å². The molecule has 2 aliphatic rings. The number of ether oxygens (including phenoxy) is 1. The number of rotatable bonds is 6. The zero-order valence-corrected chi connectivity index (χ0v) is 20.6. The summed E-state index contributed by atoms with van der Waals surface area (Å²) in [4.78, 5) is 23.8. The normalized spacial score (nSPS) is 17.6. The molecule has 0 bridgehead atoms. The van der Waals surface area contributed by atoms with Gasteiger partial charge in [-0.15, -0.1) is 5.10 Å². The van der Waals surface area contributed by atoms with Crippen molar-refractivity contribution in [2.75, 3.05) is 41.8 Å². The number of alkyl halides is 2. The van der Waals surface area contributed by atoms with E-state index < -0.39 is 18.5 Å². The molecule has 1 atom stereocenters. The maximum atomic E-state index is 13.5. The van der Waals surface area contributed by atoms with Gasteiger partial charge in [-0.05, 0) is 6.07 Å². The van der Waals surface area contributed by atoms with Gasteiger partial charge in [-0.1, -0.05) is 65.0 Å². The van der Waals surface area contributed by atoms with Gasteiger partial charge in [-0.2, -0.15) is 0 Å². The molecule has 1 amide bonds. The third-order valence-corrected chi connectivity index (χ3v) is 7.12. The molecule has 0 spiro atoms. The first-order chi connectivity index (χ1) is 18.6. The van der Waals surface area contributed by atoms with E-state index in [4.69, 9.17) is 14.1 Å². The van der Waals surface area contributed by atoms with E-state index in [2.05, 4.69) is 25.8 Å². The summed E-state index contributed by atoms with van der Waals surface area (Å²) in [6.07, 6.45) is -3.84. The van der Waals surface area contributed by atoms with Crippen molar-refractivity contribution in [2.24, 2.45) is 4.99 Å². The predicted molar refractivity (Wildman–Crippen MR) is 138 cm³/mol. The molecule has 4 aromatic rings. The minimum atomic E-state index is -2.74. The van der Waals surface area contributed by atoms with Crippen molar-refractivity contribution in [1.29, 1.82) is 0 Å². The molecule has 1 saturated heterocycles. The summed E-state index contributed by atoms with van der Waals surface area (Å²) >= 11 is 0.883. The first-order valence-corrected chi connectivity index (χ1v) is 12.6. The number of halogens is 2. The van der Waals surface area contributed by atoms with Gasteiger partial charge in [0.2, 0.25) is 6.17 Å². The molecule has 2 aromatic heterocycles. The van der Waals surface area contributed by atoms with Gasteiger partial charge in [-0.3, -0.25) is 4.79 Å². The number of benzene rings is 2. The highest BCUT2D eigenvalue weighted by atomic mass is 32.1. The van der Waals surface area contributed by atoms with Crippen LogP contribution in [0.5, 0.6) is 0 Å². The summed E-state index contributed by atoms with van der Waals surface area (Å²) in [5, 5.41) is 13.9. The van der Waals surface area contributed by atoms with Gasteiger partial charge in [0.05, 0.1) is 24.6 Å². The van der Waals surface area contributed by atoms with E-state index in [0.29, 0.717) is 42.7 Å². The van der Waals surface area contributed by atoms with E-state index in [-0.39, 0.29) is 22.6 Å². The summed E-state index contributed by atoms with van der Waals surface area (Å²) in [6.45, 7) is 1.99. The summed E-state index contributed by atoms with van der Waals surface area (Å²) in [7, 11) is 0. The Balaban J connectivity index is 1.32. The van der Waals surface area contributed by atoms with Crippen LogP contribution in [0.2, 0.25) is 0 Å². The monoisotopic (exact) mass is 537 g/mol. The molecular weight excluding hydrogens is 516 g/mol. The molecule has 2 aliphatic heterocycles. The Bertz CT molecular complexity index is 1490. The second-order valence-corrected chi connectivity index (χ2v) is 9.45. The van der Waals surface area contributed by atoms with Gasteiger partial charge in [0.1, 0.15) is 5.00 Å². The average molecular weight is 538 g/mol. The number of para-hydroxylation sites is 1. The van der Waals surface area contributed by atoms with Crippen LogP contribution in [0.1, 0.15) is 22.6 Å². The zero-order chi connectivity index (χ0) is 26.1. The first kappa shape index (κ1) is 24.1. The van der Waals surface area contributed by atoms with Crippen molar-refractivity contribution in [3.05, 3.63) is 70.7 Å².